The molecule has 0 atom stereocenters. The van der Waals surface area contributed by atoms with Gasteiger partial charge in [0.15, 0.2) is 11.5 Å². The van der Waals surface area contributed by atoms with E-state index in [-0.39, 0.29) is 28.4 Å². The maximum Gasteiger partial charge on any atom is 0.255 e. The third-order valence-corrected chi connectivity index (χ3v) is 4.41. The van der Waals surface area contributed by atoms with Crippen molar-refractivity contribution in [3.05, 3.63) is 22.8 Å². The van der Waals surface area contributed by atoms with Crippen LogP contribution in [0.3, 0.4) is 0 Å². The van der Waals surface area contributed by atoms with Gasteiger partial charge in [0.1, 0.15) is 0 Å². The molecule has 0 aliphatic carbocycles. The molecule has 0 saturated heterocycles. The average molecular weight is 407 g/mol. The van der Waals surface area contributed by atoms with Gasteiger partial charge >= 0.3 is 0 Å². The number of aryl methyl sites for hydroxylation is 1. The average Bonchev–Trinajstić information content (AvgIpc) is 3.05. The lowest BCUT2D eigenvalue weighted by molar-refractivity contribution is 0.554. The van der Waals surface area contributed by atoms with Crippen LogP contribution in [0.15, 0.2) is 10.2 Å². The van der Waals surface area contributed by atoms with Crippen molar-refractivity contribution in [2.45, 2.75) is 52.4 Å². The van der Waals surface area contributed by atoms with Crippen molar-refractivity contribution in [2.24, 2.45) is 17.3 Å². The Hall–Kier alpha value is -2.74. The van der Waals surface area contributed by atoms with E-state index in [1.54, 1.807) is 7.05 Å². The molecule has 0 saturated carbocycles. The molecule has 11 heteroatoms. The van der Waals surface area contributed by atoms with Crippen LogP contribution in [0.5, 0.6) is 0 Å². The van der Waals surface area contributed by atoms with Gasteiger partial charge in [0.05, 0.1) is 18.5 Å². The second-order valence-corrected chi connectivity index (χ2v) is 10.4. The van der Waals surface area contributed by atoms with Crippen LogP contribution in [0.1, 0.15) is 52.9 Å². The Morgan fingerprint density at radius 1 is 1.14 bits per heavy atom. The number of H-pyrrole nitrogens is 1. The normalized spacial score (nSPS) is 13.1. The highest BCUT2D eigenvalue weighted by atomic mass is 32.2. The Morgan fingerprint density at radius 2 is 1.75 bits per heavy atom. The number of azo groups is 1. The fourth-order valence-electron chi connectivity index (χ4n) is 2.53. The lowest BCUT2D eigenvalue weighted by Gasteiger charge is -2.16. The van der Waals surface area contributed by atoms with E-state index in [9.17, 15) is 8.42 Å². The van der Waals surface area contributed by atoms with E-state index >= 15 is 0 Å². The van der Waals surface area contributed by atoms with Crippen LogP contribution in [0, 0.1) is 6.57 Å². The largest absolute Gasteiger partial charge is 0.291 e. The molecule has 0 fully saturated rings. The number of rotatable bonds is 4. The Kier molecular flexibility index (Phi) is 5.40. The molecule has 0 spiro atoms. The zero-order valence-electron chi connectivity index (χ0n) is 17.4. The molecule has 28 heavy (non-hydrogen) atoms. The number of aromatic amines is 1. The Bertz CT molecular complexity index is 1060. The Labute approximate surface area is 165 Å². The minimum absolute atomic E-state index is 0.147. The molecule has 0 bridgehead atoms. The number of hydrogen-bond acceptors (Lipinski definition) is 6. The summed E-state index contributed by atoms with van der Waals surface area (Å²) in [6, 6.07) is 0. The molecule has 152 valence electrons. The van der Waals surface area contributed by atoms with Crippen LogP contribution < -0.4 is 4.72 Å². The monoisotopic (exact) mass is 406 g/mol. The van der Waals surface area contributed by atoms with E-state index < -0.39 is 15.4 Å². The smallest absolute Gasteiger partial charge is 0.255 e. The van der Waals surface area contributed by atoms with Crippen LogP contribution in [0.4, 0.5) is 23.0 Å². The van der Waals surface area contributed by atoms with Crippen LogP contribution in [-0.2, 0) is 27.9 Å². The predicted molar refractivity (Wildman–Crippen MR) is 108 cm³/mol. The first-order valence-corrected chi connectivity index (χ1v) is 10.5. The summed E-state index contributed by atoms with van der Waals surface area (Å²) in [4.78, 5) is 3.54. The van der Waals surface area contributed by atoms with E-state index in [4.69, 9.17) is 6.57 Å². The maximum absolute atomic E-state index is 11.8. The highest BCUT2D eigenvalue weighted by molar-refractivity contribution is 7.92. The van der Waals surface area contributed by atoms with Crippen LogP contribution >= 0.6 is 0 Å². The van der Waals surface area contributed by atoms with Crippen molar-refractivity contribution in [2.75, 3.05) is 11.0 Å². The molecule has 0 aliphatic rings. The predicted octanol–water partition coefficient (Wildman–Crippen LogP) is 4.08. The lowest BCUT2D eigenvalue weighted by atomic mass is 9.91. The van der Waals surface area contributed by atoms with Gasteiger partial charge < -0.3 is 0 Å². The molecular weight excluding hydrogens is 380 g/mol. The summed E-state index contributed by atoms with van der Waals surface area (Å²) < 4.78 is 27.4. The van der Waals surface area contributed by atoms with Gasteiger partial charge in [-0.3, -0.25) is 9.82 Å². The summed E-state index contributed by atoms with van der Waals surface area (Å²) in [5, 5.41) is 19.8. The summed E-state index contributed by atoms with van der Waals surface area (Å²) in [5.74, 6) is 0.348. The Balaban J connectivity index is 2.63. The quantitative estimate of drug-likeness (QED) is 0.587. The van der Waals surface area contributed by atoms with Gasteiger partial charge in [0.2, 0.25) is 15.8 Å². The molecule has 10 nitrogen and oxygen atoms in total. The molecule has 2 rings (SSSR count). The molecule has 2 N–H and O–H groups in total. The maximum atomic E-state index is 11.8. The van der Waals surface area contributed by atoms with Crippen LogP contribution in [-0.4, -0.2) is 34.7 Å². The molecular formula is C17H26N8O2S. The number of nitrogens with zero attached hydrogens (tertiary/aromatic N) is 6. The van der Waals surface area contributed by atoms with Crippen molar-refractivity contribution in [1.82, 2.24) is 20.0 Å². The molecule has 0 aromatic carbocycles. The fourth-order valence-corrected chi connectivity index (χ4v) is 3.11. The number of sulfonamides is 1. The molecule has 2 heterocycles. The van der Waals surface area contributed by atoms with Gasteiger partial charge in [-0.15, -0.1) is 10.2 Å². The number of aromatic nitrogens is 4. The van der Waals surface area contributed by atoms with Crippen LogP contribution in [0.2, 0.25) is 0 Å². The van der Waals surface area contributed by atoms with Gasteiger partial charge in [-0.1, -0.05) is 41.5 Å². The standard InChI is InChI=1S/C17H26N8O2S/c1-16(2,3)12-10(18-7)14(22-20-12)21-19-11-13(17(4,5)6)23-25(8)15(11)24-28(9,26)27/h24H,1-6,8-9H3,(H,20,22). The first-order valence-electron chi connectivity index (χ1n) is 8.58. The number of anilines is 1. The summed E-state index contributed by atoms with van der Waals surface area (Å²) >= 11 is 0. The topological polar surface area (TPSA) is 122 Å². The van der Waals surface area contributed by atoms with Gasteiger partial charge in [0, 0.05) is 18.2 Å². The third kappa shape index (κ3) is 4.56. The molecule has 2 aromatic heterocycles. The zero-order valence-corrected chi connectivity index (χ0v) is 18.2. The molecule has 0 unspecified atom stereocenters. The lowest BCUT2D eigenvalue weighted by Crippen LogP contribution is -2.12. The summed E-state index contributed by atoms with van der Waals surface area (Å²) in [5.41, 5.74) is 1.09. The van der Waals surface area contributed by atoms with Gasteiger partial charge in [-0.25, -0.2) is 17.9 Å². The van der Waals surface area contributed by atoms with E-state index in [2.05, 4.69) is 35.1 Å². The minimum atomic E-state index is -3.55. The first kappa shape index (κ1) is 21.6. The van der Waals surface area contributed by atoms with E-state index in [0.29, 0.717) is 11.4 Å². The first-order chi connectivity index (χ1) is 12.6. The molecule has 2 aromatic rings. The van der Waals surface area contributed by atoms with Crippen molar-refractivity contribution in [3.63, 3.8) is 0 Å². The van der Waals surface area contributed by atoms with E-state index in [1.807, 2.05) is 41.5 Å². The fraction of sp³-hybridized carbons (Fsp3) is 0.588. The van der Waals surface area contributed by atoms with E-state index in [0.717, 1.165) is 6.26 Å². The third-order valence-electron chi connectivity index (χ3n) is 3.84. The summed E-state index contributed by atoms with van der Waals surface area (Å²) in [6.07, 6.45) is 1.05. The molecule has 0 aliphatic heterocycles. The second kappa shape index (κ2) is 7.01. The summed E-state index contributed by atoms with van der Waals surface area (Å²) in [6.45, 7) is 19.2. The highest BCUT2D eigenvalue weighted by Gasteiger charge is 2.28. The SMILES string of the molecule is [C-]#[N+]c1c(N=Nc2c(C(C)(C)C)nn(C)c2NS(C)(=O)=O)n[nH]c1C(C)(C)C. The zero-order chi connectivity index (χ0) is 21.5. The van der Waals surface area contributed by atoms with Crippen LogP contribution in [0.25, 0.3) is 4.85 Å². The van der Waals surface area contributed by atoms with Crippen molar-refractivity contribution >= 4 is 33.0 Å². The minimum Gasteiger partial charge on any atom is -0.291 e. The Morgan fingerprint density at radius 3 is 2.21 bits per heavy atom. The highest BCUT2D eigenvalue weighted by Crippen LogP contribution is 2.40. The van der Waals surface area contributed by atoms with Crippen molar-refractivity contribution in [3.8, 4) is 0 Å². The number of hydrogen-bond donors (Lipinski definition) is 2. The van der Waals surface area contributed by atoms with Crippen molar-refractivity contribution < 1.29 is 8.42 Å². The van der Waals surface area contributed by atoms with Crippen molar-refractivity contribution in [1.29, 1.82) is 0 Å². The van der Waals surface area contributed by atoms with E-state index in [1.165, 1.54) is 4.68 Å². The second-order valence-electron chi connectivity index (χ2n) is 8.63. The number of nitrogens with one attached hydrogen (secondary N) is 2. The van der Waals surface area contributed by atoms with Gasteiger partial charge in [-0.05, 0) is 5.41 Å². The van der Waals surface area contributed by atoms with Gasteiger partial charge in [0.25, 0.3) is 5.69 Å². The van der Waals surface area contributed by atoms with Gasteiger partial charge in [-0.2, -0.15) is 10.2 Å². The summed E-state index contributed by atoms with van der Waals surface area (Å²) in [7, 11) is -1.92. The molecule has 0 radical (unpaired) electrons. The molecule has 0 amide bonds.